The van der Waals surface area contributed by atoms with Crippen LogP contribution < -0.4 is 56.4 Å². The molecule has 0 atom stereocenters. The first-order chi connectivity index (χ1) is 3.46. The predicted molar refractivity (Wildman–Crippen MR) is 26.2 cm³/mol. The molecule has 0 aliphatic carbocycles. The summed E-state index contributed by atoms with van der Waals surface area (Å²) in [6, 6.07) is 0. The topological polar surface area (TPSA) is 156 Å². The van der Waals surface area contributed by atoms with Gasteiger partial charge in [0.2, 0.25) is 0 Å². The summed E-state index contributed by atoms with van der Waals surface area (Å²) in [6.45, 7) is 0. The molecule has 0 bridgehead atoms. The second-order valence-corrected chi connectivity index (χ2v) is 0.673. The summed E-state index contributed by atoms with van der Waals surface area (Å²) in [5.74, 6) is 0. The van der Waals surface area contributed by atoms with Crippen LogP contribution >= 0.6 is 0 Å². The number of hydrogen-bond acceptors (Lipinski definition) is 6. The van der Waals surface area contributed by atoms with Gasteiger partial charge in [0.05, 0.1) is 0 Å². The van der Waals surface area contributed by atoms with E-state index >= 15 is 0 Å². The van der Waals surface area contributed by atoms with Gasteiger partial charge in [0.15, 0.2) is 0 Å². The van der Waals surface area contributed by atoms with Gasteiger partial charge in [0, 0.05) is 0 Å². The van der Waals surface area contributed by atoms with Gasteiger partial charge in [0.1, 0.15) is 0 Å². The molecule has 0 heterocycles. The second kappa shape index (κ2) is 16.8. The summed E-state index contributed by atoms with van der Waals surface area (Å²) in [5.41, 5.74) is 0. The van der Waals surface area contributed by atoms with E-state index < -0.39 is 14.6 Å². The van der Waals surface area contributed by atoms with Crippen LogP contribution in [0.4, 0.5) is 0 Å². The van der Waals surface area contributed by atoms with Crippen LogP contribution in [0, 0.1) is 0 Å². The van der Waals surface area contributed by atoms with E-state index in [9.17, 15) is 0 Å². The van der Waals surface area contributed by atoms with E-state index in [1.807, 2.05) is 0 Å². The van der Waals surface area contributed by atoms with Crippen molar-refractivity contribution in [1.82, 2.24) is 0 Å². The molecule has 0 aromatic heterocycles. The Labute approximate surface area is 100 Å². The fraction of sp³-hybridized carbons (Fsp3) is 0. The first-order valence-corrected chi connectivity index (χ1v) is 1.53. The Morgan fingerprint density at radius 1 is 0.900 bits per heavy atom. The van der Waals surface area contributed by atoms with Crippen LogP contribution in [0.5, 0.6) is 0 Å². The molecule has 0 aliphatic heterocycles. The molecular formula is H7B2KO7. The van der Waals surface area contributed by atoms with Gasteiger partial charge in [-0.15, -0.1) is 0 Å². The molecule has 7 N–H and O–H groups in total. The minimum absolute atomic E-state index is 0. The summed E-state index contributed by atoms with van der Waals surface area (Å²) in [7, 11) is -4.58. The van der Waals surface area contributed by atoms with Crippen LogP contribution in [-0.4, -0.2) is 45.2 Å². The van der Waals surface area contributed by atoms with Crippen molar-refractivity contribution in [3.8, 4) is 0 Å². The van der Waals surface area contributed by atoms with Gasteiger partial charge in [-0.1, -0.05) is 0 Å². The Morgan fingerprint density at radius 3 is 0.900 bits per heavy atom. The molecule has 7 nitrogen and oxygen atoms in total. The fourth-order valence-electron chi connectivity index (χ4n) is 0. The smallest absolute Gasteiger partial charge is 0.832 e. The molecular weight excluding hydrogens is 173 g/mol. The summed E-state index contributed by atoms with van der Waals surface area (Å²) >= 11 is 0. The molecule has 0 spiro atoms. The van der Waals surface area contributed by atoms with Crippen molar-refractivity contribution in [2.45, 2.75) is 0 Å². The van der Waals surface area contributed by atoms with Gasteiger partial charge >= 0.3 is 66.0 Å². The third-order valence-corrected chi connectivity index (χ3v) is 0. The Balaban J connectivity index is -0.0000000300. The third kappa shape index (κ3) is 309. The molecule has 0 fully saturated rings. The van der Waals surface area contributed by atoms with E-state index in [-0.39, 0.29) is 56.9 Å². The fourth-order valence-corrected chi connectivity index (χ4v) is 0. The van der Waals surface area contributed by atoms with Gasteiger partial charge in [-0.2, -0.15) is 0 Å². The van der Waals surface area contributed by atoms with Crippen LogP contribution in [-0.2, 0) is 0 Å². The maximum absolute atomic E-state index is 8.64. The monoisotopic (exact) mass is 180 g/mol. The van der Waals surface area contributed by atoms with Crippen molar-refractivity contribution in [3.63, 3.8) is 0 Å². The average Bonchev–Trinajstić information content (AvgIpc) is 1.25. The summed E-state index contributed by atoms with van der Waals surface area (Å²) in [6.07, 6.45) is 0. The predicted octanol–water partition coefficient (Wildman–Crippen LogP) is -8.56. The molecule has 0 amide bonds. The van der Waals surface area contributed by atoms with Crippen LogP contribution in [0.1, 0.15) is 0 Å². The maximum atomic E-state index is 8.64. The van der Waals surface area contributed by atoms with Crippen molar-refractivity contribution in [2.75, 3.05) is 0 Å². The maximum Gasteiger partial charge on any atom is 1.00 e. The molecule has 0 aromatic rings. The molecule has 0 unspecified atom stereocenters. The molecule has 10 heavy (non-hydrogen) atoms. The zero-order chi connectivity index (χ0) is 7.15. The molecule has 0 saturated carbocycles. The molecule has 0 radical (unpaired) electrons. The summed E-state index contributed by atoms with van der Waals surface area (Å²) in [4.78, 5) is 0. The van der Waals surface area contributed by atoms with Crippen LogP contribution in [0.2, 0.25) is 0 Å². The van der Waals surface area contributed by atoms with Crippen molar-refractivity contribution in [2.24, 2.45) is 0 Å². The van der Waals surface area contributed by atoms with E-state index in [0.29, 0.717) is 0 Å². The number of rotatable bonds is 0. The molecule has 0 saturated heterocycles. The first kappa shape index (κ1) is 22.5. The normalized spacial score (nSPS) is 5.40. The van der Waals surface area contributed by atoms with E-state index in [2.05, 4.69) is 0 Å². The number of hydrogen-bond donors (Lipinski definition) is 5. The van der Waals surface area contributed by atoms with Gasteiger partial charge in [0.25, 0.3) is 0 Å². The van der Waals surface area contributed by atoms with Crippen LogP contribution in [0.3, 0.4) is 0 Å². The van der Waals surface area contributed by atoms with Gasteiger partial charge in [-0.25, -0.2) is 0 Å². The molecule has 0 aromatic carbocycles. The first-order valence-electron chi connectivity index (χ1n) is 1.53. The third-order valence-electron chi connectivity index (χ3n) is 0. The van der Waals surface area contributed by atoms with Crippen molar-refractivity contribution >= 4 is 14.6 Å². The second-order valence-electron chi connectivity index (χ2n) is 0.673. The van der Waals surface area contributed by atoms with E-state index in [4.69, 9.17) is 30.1 Å². The van der Waals surface area contributed by atoms with Crippen LogP contribution in [0.25, 0.3) is 0 Å². The quantitative estimate of drug-likeness (QED) is 0.233. The SMILES string of the molecule is O.OB(O)O.[K+].[O-]B(O)O. The van der Waals surface area contributed by atoms with Gasteiger partial charge in [-0.3, -0.25) is 0 Å². The Morgan fingerprint density at radius 2 is 0.900 bits per heavy atom. The zero-order valence-electron chi connectivity index (χ0n) is 5.30. The summed E-state index contributed by atoms with van der Waals surface area (Å²) in [5, 5.41) is 44.2. The van der Waals surface area contributed by atoms with E-state index in [1.54, 1.807) is 0 Å². The van der Waals surface area contributed by atoms with Crippen molar-refractivity contribution in [1.29, 1.82) is 0 Å². The van der Waals surface area contributed by atoms with Crippen LogP contribution in [0.15, 0.2) is 0 Å². The minimum Gasteiger partial charge on any atom is -0.832 e. The average molecular weight is 180 g/mol. The minimum atomic E-state index is -2.42. The van der Waals surface area contributed by atoms with E-state index in [1.165, 1.54) is 0 Å². The molecule has 10 heteroatoms. The molecule has 0 rings (SSSR count). The molecule has 56 valence electrons. The van der Waals surface area contributed by atoms with Gasteiger partial charge in [-0.05, 0) is 0 Å². The molecule has 0 aliphatic rings. The summed E-state index contributed by atoms with van der Waals surface area (Å²) < 4.78 is 0. The standard InChI is InChI=1S/BH3O3.BH2O3.K.H2O/c2*2-1(3)4;;/h2-4H;2-3H;;1H2/q;-1;+1;. The Hall–Kier alpha value is 1.49. The Kier molecular flexibility index (Phi) is 37.9. The van der Waals surface area contributed by atoms with Gasteiger partial charge < -0.3 is 35.6 Å². The zero-order valence-corrected chi connectivity index (χ0v) is 8.42. The van der Waals surface area contributed by atoms with Crippen molar-refractivity contribution < 1.29 is 87.0 Å². The largest absolute Gasteiger partial charge is 1.00 e. The Bertz CT molecular complexity index is 27.1. The van der Waals surface area contributed by atoms with E-state index in [0.717, 1.165) is 0 Å². The van der Waals surface area contributed by atoms with Crippen molar-refractivity contribution in [3.05, 3.63) is 0 Å².